The zero-order chi connectivity index (χ0) is 20.3. The molecule has 3 rings (SSSR count). The second-order valence-electron chi connectivity index (χ2n) is 7.65. The first-order valence-electron chi connectivity index (χ1n) is 9.13. The first-order chi connectivity index (χ1) is 13.3. The van der Waals surface area contributed by atoms with Gasteiger partial charge in [-0.05, 0) is 23.1 Å². The number of hydrogen-bond donors (Lipinski definition) is 0. The molecule has 1 aromatic heterocycles. The Balaban J connectivity index is 1.54. The molecule has 0 atom stereocenters. The summed E-state index contributed by atoms with van der Waals surface area (Å²) in [4.78, 5) is 36.1. The molecule has 0 spiro atoms. The van der Waals surface area contributed by atoms with Crippen LogP contribution >= 0.6 is 0 Å². The number of ether oxygens (including phenoxy) is 1. The predicted octanol–water partition coefficient (Wildman–Crippen LogP) is 3.71. The second kappa shape index (κ2) is 7.84. The molecule has 0 aliphatic rings. The molecule has 146 valence electrons. The maximum atomic E-state index is 12.2. The summed E-state index contributed by atoms with van der Waals surface area (Å²) in [5, 5.41) is 0. The van der Waals surface area contributed by atoms with Crippen molar-refractivity contribution in [2.45, 2.75) is 39.2 Å². The normalized spacial score (nSPS) is 11.5. The van der Waals surface area contributed by atoms with Crippen LogP contribution in [-0.4, -0.2) is 22.9 Å². The van der Waals surface area contributed by atoms with Crippen molar-refractivity contribution in [2.75, 3.05) is 6.61 Å². The van der Waals surface area contributed by atoms with Gasteiger partial charge in [0.05, 0.1) is 11.9 Å². The molecular formula is C22H23NO5. The molecule has 0 bridgehead atoms. The Morgan fingerprint density at radius 1 is 1.04 bits per heavy atom. The zero-order valence-electron chi connectivity index (χ0n) is 16.2. The summed E-state index contributed by atoms with van der Waals surface area (Å²) in [6.07, 6.45) is -0.0281. The number of Topliss-reactive ketones (excluding diaryl/α,β-unsaturated/α-hetero) is 1. The summed E-state index contributed by atoms with van der Waals surface area (Å²) >= 11 is 0. The number of esters is 1. The molecule has 6 heteroatoms. The number of nitrogens with zero attached hydrogens (tertiary/aromatic N) is 1. The summed E-state index contributed by atoms with van der Waals surface area (Å²) in [6, 6.07) is 14.3. The standard InChI is InChI=1S/C22H23NO5/c1-22(2,3)16-10-8-15(9-11-16)18(24)14-27-20(25)12-13-23-17-6-4-5-7-19(17)28-21(23)26/h4-11H,12-14H2,1-3H3. The molecule has 0 radical (unpaired) electrons. The van der Waals surface area contributed by atoms with E-state index in [1.807, 2.05) is 12.1 Å². The number of oxazole rings is 1. The van der Waals surface area contributed by atoms with Crippen molar-refractivity contribution in [3.8, 4) is 0 Å². The highest BCUT2D eigenvalue weighted by Crippen LogP contribution is 2.22. The molecule has 0 aliphatic heterocycles. The molecule has 1 heterocycles. The second-order valence-corrected chi connectivity index (χ2v) is 7.65. The molecule has 0 unspecified atom stereocenters. The maximum absolute atomic E-state index is 12.2. The summed E-state index contributed by atoms with van der Waals surface area (Å²) in [7, 11) is 0. The Hall–Kier alpha value is -3.15. The molecule has 0 fully saturated rings. The van der Waals surface area contributed by atoms with Crippen molar-refractivity contribution in [2.24, 2.45) is 0 Å². The molecule has 3 aromatic rings. The number of carbonyl (C=O) groups excluding carboxylic acids is 2. The molecule has 0 aliphatic carbocycles. The lowest BCUT2D eigenvalue weighted by Crippen LogP contribution is -2.19. The van der Waals surface area contributed by atoms with E-state index in [-0.39, 0.29) is 30.8 Å². The topological polar surface area (TPSA) is 78.5 Å². The molecule has 6 nitrogen and oxygen atoms in total. The van der Waals surface area contributed by atoms with Crippen molar-refractivity contribution in [3.05, 3.63) is 70.2 Å². The van der Waals surface area contributed by atoms with Crippen LogP contribution in [0.15, 0.2) is 57.7 Å². The van der Waals surface area contributed by atoms with Gasteiger partial charge < -0.3 is 9.15 Å². The molecule has 28 heavy (non-hydrogen) atoms. The summed E-state index contributed by atoms with van der Waals surface area (Å²) in [6.45, 7) is 6.10. The van der Waals surface area contributed by atoms with Crippen LogP contribution in [0.3, 0.4) is 0 Å². The van der Waals surface area contributed by atoms with Crippen molar-refractivity contribution in [1.82, 2.24) is 4.57 Å². The monoisotopic (exact) mass is 381 g/mol. The first-order valence-corrected chi connectivity index (χ1v) is 9.13. The van der Waals surface area contributed by atoms with Gasteiger partial charge in [0.2, 0.25) is 0 Å². The molecule has 0 saturated heterocycles. The zero-order valence-corrected chi connectivity index (χ0v) is 16.2. The molecule has 0 N–H and O–H groups in total. The summed E-state index contributed by atoms with van der Waals surface area (Å²) in [5.41, 5.74) is 2.71. The van der Waals surface area contributed by atoms with Crippen molar-refractivity contribution >= 4 is 22.9 Å². The van der Waals surface area contributed by atoms with Gasteiger partial charge in [-0.25, -0.2) is 4.79 Å². The van der Waals surface area contributed by atoms with Gasteiger partial charge in [-0.15, -0.1) is 0 Å². The molecule has 0 amide bonds. The lowest BCUT2D eigenvalue weighted by molar-refractivity contribution is -0.142. The number of fused-ring (bicyclic) bond motifs is 1. The van der Waals surface area contributed by atoms with Gasteiger partial charge in [0.1, 0.15) is 0 Å². The van der Waals surface area contributed by atoms with Gasteiger partial charge in [-0.3, -0.25) is 14.2 Å². The van der Waals surface area contributed by atoms with E-state index >= 15 is 0 Å². The Labute approximate surface area is 162 Å². The fraction of sp³-hybridized carbons (Fsp3) is 0.318. The van der Waals surface area contributed by atoms with Crippen LogP contribution in [0.25, 0.3) is 11.1 Å². The summed E-state index contributed by atoms with van der Waals surface area (Å²) < 4.78 is 11.6. The van der Waals surface area contributed by atoms with Gasteiger partial charge in [0.25, 0.3) is 0 Å². The van der Waals surface area contributed by atoms with Crippen LogP contribution in [0, 0.1) is 0 Å². The number of aromatic nitrogens is 1. The molecular weight excluding hydrogens is 358 g/mol. The fourth-order valence-corrected chi connectivity index (χ4v) is 2.89. The minimum Gasteiger partial charge on any atom is -0.457 e. The third kappa shape index (κ3) is 4.39. The van der Waals surface area contributed by atoms with E-state index in [2.05, 4.69) is 20.8 Å². The average Bonchev–Trinajstić information content (AvgIpc) is 2.99. The minimum atomic E-state index is -0.545. The Morgan fingerprint density at radius 2 is 1.71 bits per heavy atom. The van der Waals surface area contributed by atoms with Crippen molar-refractivity contribution in [1.29, 1.82) is 0 Å². The predicted molar refractivity (Wildman–Crippen MR) is 106 cm³/mol. The van der Waals surface area contributed by atoms with E-state index in [4.69, 9.17) is 9.15 Å². The van der Waals surface area contributed by atoms with Crippen LogP contribution in [0.5, 0.6) is 0 Å². The number of rotatable bonds is 6. The van der Waals surface area contributed by atoms with Crippen LogP contribution < -0.4 is 5.76 Å². The Morgan fingerprint density at radius 3 is 2.39 bits per heavy atom. The number of para-hydroxylation sites is 2. The number of hydrogen-bond acceptors (Lipinski definition) is 5. The van der Waals surface area contributed by atoms with E-state index < -0.39 is 11.7 Å². The van der Waals surface area contributed by atoms with Crippen molar-refractivity contribution in [3.63, 3.8) is 0 Å². The lowest BCUT2D eigenvalue weighted by atomic mass is 9.86. The minimum absolute atomic E-state index is 0.00336. The average molecular weight is 381 g/mol. The van der Waals surface area contributed by atoms with E-state index in [1.165, 1.54) is 4.57 Å². The highest BCUT2D eigenvalue weighted by molar-refractivity contribution is 5.98. The lowest BCUT2D eigenvalue weighted by Gasteiger charge is -2.18. The third-order valence-corrected chi connectivity index (χ3v) is 4.55. The van der Waals surface area contributed by atoms with Gasteiger partial charge in [-0.1, -0.05) is 57.2 Å². The highest BCUT2D eigenvalue weighted by Gasteiger charge is 2.16. The number of benzene rings is 2. The summed E-state index contributed by atoms with van der Waals surface area (Å²) in [5.74, 6) is -1.33. The quantitative estimate of drug-likeness (QED) is 0.480. The Bertz CT molecular complexity index is 1050. The van der Waals surface area contributed by atoms with Crippen LogP contribution in [0.1, 0.15) is 43.1 Å². The van der Waals surface area contributed by atoms with Crippen LogP contribution in [0.4, 0.5) is 0 Å². The first kappa shape index (κ1) is 19.6. The van der Waals surface area contributed by atoms with E-state index in [1.54, 1.807) is 36.4 Å². The molecule has 0 saturated carbocycles. The van der Waals surface area contributed by atoms with E-state index in [0.717, 1.165) is 5.56 Å². The van der Waals surface area contributed by atoms with E-state index in [0.29, 0.717) is 16.7 Å². The van der Waals surface area contributed by atoms with E-state index in [9.17, 15) is 14.4 Å². The SMILES string of the molecule is CC(C)(C)c1ccc(C(=O)COC(=O)CCn2c(=O)oc3ccccc32)cc1. The Kier molecular flexibility index (Phi) is 5.49. The highest BCUT2D eigenvalue weighted by atomic mass is 16.5. The number of aryl methyl sites for hydroxylation is 1. The largest absolute Gasteiger partial charge is 0.457 e. The van der Waals surface area contributed by atoms with Gasteiger partial charge in [0.15, 0.2) is 18.0 Å². The van der Waals surface area contributed by atoms with Gasteiger partial charge >= 0.3 is 11.7 Å². The van der Waals surface area contributed by atoms with Crippen molar-refractivity contribution < 1.29 is 18.7 Å². The maximum Gasteiger partial charge on any atom is 0.419 e. The van der Waals surface area contributed by atoms with Crippen LogP contribution in [-0.2, 0) is 21.5 Å². The molecule has 2 aromatic carbocycles. The number of ketones is 1. The third-order valence-electron chi connectivity index (χ3n) is 4.55. The smallest absolute Gasteiger partial charge is 0.419 e. The number of carbonyl (C=O) groups is 2. The van der Waals surface area contributed by atoms with Gasteiger partial charge in [-0.2, -0.15) is 0 Å². The van der Waals surface area contributed by atoms with Crippen LogP contribution in [0.2, 0.25) is 0 Å². The van der Waals surface area contributed by atoms with Gasteiger partial charge in [0, 0.05) is 12.1 Å². The fourth-order valence-electron chi connectivity index (χ4n) is 2.89.